The van der Waals surface area contributed by atoms with E-state index in [4.69, 9.17) is 0 Å². The third kappa shape index (κ3) is 2.64. The van der Waals surface area contributed by atoms with Crippen molar-refractivity contribution in [2.75, 3.05) is 0 Å². The average Bonchev–Trinajstić information content (AvgIpc) is 2.07. The molecular weight excluding hydrogens is 279 g/mol. The maximum Gasteiger partial charge on any atom is 0.418 e. The highest BCUT2D eigenvalue weighted by atomic mass is 79.9. The van der Waals surface area contributed by atoms with Crippen LogP contribution in [-0.2, 0) is 6.18 Å². The van der Waals surface area contributed by atoms with Gasteiger partial charge in [0.1, 0.15) is 0 Å². The first-order valence-corrected chi connectivity index (χ1v) is 4.60. The van der Waals surface area contributed by atoms with E-state index in [1.54, 1.807) is 0 Å². The van der Waals surface area contributed by atoms with Gasteiger partial charge in [-0.1, -0.05) is 15.9 Å². The van der Waals surface area contributed by atoms with Gasteiger partial charge in [-0.2, -0.15) is 18.2 Å². The van der Waals surface area contributed by atoms with Crippen LogP contribution in [0.2, 0.25) is 0 Å². The van der Waals surface area contributed by atoms with Gasteiger partial charge in [0.15, 0.2) is 0 Å². The van der Waals surface area contributed by atoms with Crippen LogP contribution < -0.4 is 0 Å². The third-order valence-electron chi connectivity index (χ3n) is 1.43. The molecule has 0 atom stereocenters. The van der Waals surface area contributed by atoms with Crippen molar-refractivity contribution in [2.45, 2.75) is 6.18 Å². The second kappa shape index (κ2) is 4.21. The molecule has 0 radical (unpaired) electrons. The molecule has 14 heavy (non-hydrogen) atoms. The van der Waals surface area contributed by atoms with Crippen molar-refractivity contribution in [1.82, 2.24) is 0 Å². The van der Waals surface area contributed by atoms with Gasteiger partial charge in [0.05, 0.1) is 16.4 Å². The van der Waals surface area contributed by atoms with Gasteiger partial charge in [-0.25, -0.2) is 0 Å². The quantitative estimate of drug-likeness (QED) is 0.555. The van der Waals surface area contributed by atoms with E-state index in [-0.39, 0.29) is 5.69 Å². The highest BCUT2D eigenvalue weighted by Gasteiger charge is 2.33. The fraction of sp³-hybridized carbons (Fsp3) is 0.125. The zero-order valence-electron chi connectivity index (χ0n) is 6.60. The molecule has 0 fully saturated rings. The molecular formula is C8H3BrF3NS. The summed E-state index contributed by atoms with van der Waals surface area (Å²) >= 11 is 7.21. The van der Waals surface area contributed by atoms with Crippen LogP contribution in [0.1, 0.15) is 5.56 Å². The summed E-state index contributed by atoms with van der Waals surface area (Å²) in [6.45, 7) is 0. The van der Waals surface area contributed by atoms with E-state index in [1.807, 2.05) is 5.16 Å². The number of hydrogen-bond acceptors (Lipinski definition) is 2. The molecule has 0 spiro atoms. The number of isothiocyanates is 1. The van der Waals surface area contributed by atoms with Crippen LogP contribution >= 0.6 is 28.1 Å². The van der Waals surface area contributed by atoms with Gasteiger partial charge in [0.25, 0.3) is 0 Å². The van der Waals surface area contributed by atoms with Crippen LogP contribution in [0.5, 0.6) is 0 Å². The van der Waals surface area contributed by atoms with E-state index < -0.39 is 11.7 Å². The fourth-order valence-corrected chi connectivity index (χ4v) is 1.34. The standard InChI is InChI=1S/C8H3BrF3NS/c9-5-1-2-7(13-4-14)6(3-5)8(10,11)12/h1-3H. The minimum Gasteiger partial charge on any atom is -0.194 e. The number of aliphatic imine (C=N–C) groups is 1. The molecule has 0 saturated heterocycles. The second-order valence-electron chi connectivity index (χ2n) is 2.36. The molecule has 0 amide bonds. The van der Waals surface area contributed by atoms with Crippen molar-refractivity contribution in [3.63, 3.8) is 0 Å². The van der Waals surface area contributed by atoms with Gasteiger partial charge in [-0.15, -0.1) is 0 Å². The molecule has 0 N–H and O–H groups in total. The lowest BCUT2D eigenvalue weighted by atomic mass is 10.2. The smallest absolute Gasteiger partial charge is 0.194 e. The Bertz CT molecular complexity index is 396. The number of alkyl halides is 3. The van der Waals surface area contributed by atoms with Crippen LogP contribution in [0, 0.1) is 0 Å². The SMILES string of the molecule is FC(F)(F)c1cc(Br)ccc1N=C=S. The summed E-state index contributed by atoms with van der Waals surface area (Å²) in [5, 5.41) is 1.91. The predicted molar refractivity (Wildman–Crippen MR) is 53.8 cm³/mol. The molecule has 0 aromatic heterocycles. The summed E-state index contributed by atoms with van der Waals surface area (Å²) in [5.41, 5.74) is -1.06. The minimum absolute atomic E-state index is 0.226. The first-order chi connectivity index (χ1) is 6.45. The molecule has 0 heterocycles. The molecule has 0 aliphatic carbocycles. The van der Waals surface area contributed by atoms with Gasteiger partial charge in [-0.3, -0.25) is 0 Å². The molecule has 0 unspecified atom stereocenters. The number of halogens is 4. The molecule has 0 bridgehead atoms. The minimum atomic E-state index is -4.44. The van der Waals surface area contributed by atoms with E-state index >= 15 is 0 Å². The normalized spacial score (nSPS) is 10.9. The highest BCUT2D eigenvalue weighted by molar-refractivity contribution is 9.10. The fourth-order valence-electron chi connectivity index (χ4n) is 0.882. The molecule has 1 aromatic rings. The van der Waals surface area contributed by atoms with Crippen molar-refractivity contribution in [1.29, 1.82) is 0 Å². The van der Waals surface area contributed by atoms with Gasteiger partial charge in [0, 0.05) is 4.47 Å². The predicted octanol–water partition coefficient (Wildman–Crippen LogP) is 4.20. The van der Waals surface area contributed by atoms with Gasteiger partial charge >= 0.3 is 6.18 Å². The topological polar surface area (TPSA) is 12.4 Å². The summed E-state index contributed by atoms with van der Waals surface area (Å²) in [6.07, 6.45) is -4.44. The van der Waals surface area contributed by atoms with Gasteiger partial charge in [0.2, 0.25) is 0 Å². The van der Waals surface area contributed by atoms with Crippen molar-refractivity contribution in [2.24, 2.45) is 4.99 Å². The molecule has 1 rings (SSSR count). The Kier molecular flexibility index (Phi) is 3.42. The van der Waals surface area contributed by atoms with Crippen LogP contribution in [0.15, 0.2) is 27.7 Å². The number of nitrogens with zero attached hydrogens (tertiary/aromatic N) is 1. The van der Waals surface area contributed by atoms with E-state index in [2.05, 4.69) is 33.1 Å². The highest BCUT2D eigenvalue weighted by Crippen LogP contribution is 2.37. The van der Waals surface area contributed by atoms with Crippen molar-refractivity contribution in [3.05, 3.63) is 28.2 Å². The van der Waals surface area contributed by atoms with Crippen molar-refractivity contribution >= 4 is 39.0 Å². The van der Waals surface area contributed by atoms with Crippen LogP contribution in [0.4, 0.5) is 18.9 Å². The first kappa shape index (κ1) is 11.4. The number of benzene rings is 1. The molecule has 1 nitrogen and oxygen atoms in total. The van der Waals surface area contributed by atoms with Gasteiger partial charge in [-0.05, 0) is 30.4 Å². The van der Waals surface area contributed by atoms with Crippen molar-refractivity contribution < 1.29 is 13.2 Å². The Morgan fingerprint density at radius 1 is 1.36 bits per heavy atom. The zero-order valence-corrected chi connectivity index (χ0v) is 9.00. The lowest BCUT2D eigenvalue weighted by Crippen LogP contribution is -2.05. The van der Waals surface area contributed by atoms with E-state index in [1.165, 1.54) is 12.1 Å². The number of thiocarbonyl (C=S) groups is 1. The van der Waals surface area contributed by atoms with Gasteiger partial charge < -0.3 is 0 Å². The maximum absolute atomic E-state index is 12.4. The molecule has 0 aliphatic heterocycles. The van der Waals surface area contributed by atoms with E-state index in [9.17, 15) is 13.2 Å². The monoisotopic (exact) mass is 281 g/mol. The summed E-state index contributed by atoms with van der Waals surface area (Å²) in [7, 11) is 0. The van der Waals surface area contributed by atoms with E-state index in [0.717, 1.165) is 6.07 Å². The van der Waals surface area contributed by atoms with Crippen molar-refractivity contribution in [3.8, 4) is 0 Å². The Morgan fingerprint density at radius 3 is 2.50 bits per heavy atom. The third-order valence-corrected chi connectivity index (χ3v) is 2.01. The van der Waals surface area contributed by atoms with Crippen LogP contribution in [0.3, 0.4) is 0 Å². The Labute approximate surface area is 91.8 Å². The molecule has 6 heteroatoms. The second-order valence-corrected chi connectivity index (χ2v) is 3.46. The van der Waals surface area contributed by atoms with Crippen LogP contribution in [0.25, 0.3) is 0 Å². The summed E-state index contributed by atoms with van der Waals surface area (Å²) in [6, 6.07) is 3.64. The van der Waals surface area contributed by atoms with E-state index in [0.29, 0.717) is 4.47 Å². The summed E-state index contributed by atoms with van der Waals surface area (Å²) in [4.78, 5) is 3.34. The lowest BCUT2D eigenvalue weighted by molar-refractivity contribution is -0.137. The molecule has 74 valence electrons. The largest absolute Gasteiger partial charge is 0.418 e. The maximum atomic E-state index is 12.4. The summed E-state index contributed by atoms with van der Waals surface area (Å²) < 4.78 is 37.6. The van der Waals surface area contributed by atoms with Crippen LogP contribution in [-0.4, -0.2) is 5.16 Å². The number of rotatable bonds is 1. The molecule has 1 aromatic carbocycles. The molecule has 0 saturated carbocycles. The average molecular weight is 282 g/mol. The molecule has 0 aliphatic rings. The zero-order chi connectivity index (χ0) is 10.8. The Hall–Kier alpha value is -0.710. The number of hydrogen-bond donors (Lipinski definition) is 0. The Morgan fingerprint density at radius 2 is 2.00 bits per heavy atom. The Balaban J connectivity index is 3.37. The summed E-state index contributed by atoms with van der Waals surface area (Å²) in [5.74, 6) is 0. The lowest BCUT2D eigenvalue weighted by Gasteiger charge is -2.08. The first-order valence-electron chi connectivity index (χ1n) is 3.40.